The SMILES string of the molecule is COc1cc(/C=C/C(=O)N(C)C(C)CC#N)cc(OC)c1. The van der Waals surface area contributed by atoms with Crippen LogP contribution in [0.5, 0.6) is 11.5 Å². The predicted molar refractivity (Wildman–Crippen MR) is 81.0 cm³/mol. The summed E-state index contributed by atoms with van der Waals surface area (Å²) in [6.45, 7) is 1.84. The minimum atomic E-state index is -0.153. The Hall–Kier alpha value is -2.48. The highest BCUT2D eigenvalue weighted by molar-refractivity contribution is 5.91. The fourth-order valence-electron chi connectivity index (χ4n) is 1.70. The lowest BCUT2D eigenvalue weighted by Crippen LogP contribution is -2.33. The van der Waals surface area contributed by atoms with Crippen molar-refractivity contribution in [2.24, 2.45) is 0 Å². The van der Waals surface area contributed by atoms with Crippen LogP contribution in [0.4, 0.5) is 0 Å². The third-order valence-corrected chi connectivity index (χ3v) is 3.19. The van der Waals surface area contributed by atoms with Crippen molar-refractivity contribution in [3.05, 3.63) is 29.8 Å². The summed E-state index contributed by atoms with van der Waals surface area (Å²) in [7, 11) is 4.83. The summed E-state index contributed by atoms with van der Waals surface area (Å²) in [6, 6.07) is 7.32. The minimum absolute atomic E-state index is 0.119. The van der Waals surface area contributed by atoms with E-state index in [1.165, 1.54) is 11.0 Å². The Kier molecular flexibility index (Phi) is 6.28. The van der Waals surface area contributed by atoms with Gasteiger partial charge in [0.2, 0.25) is 5.91 Å². The molecule has 0 saturated carbocycles. The topological polar surface area (TPSA) is 62.6 Å². The second-order valence-electron chi connectivity index (χ2n) is 4.64. The molecule has 0 aliphatic carbocycles. The molecule has 0 radical (unpaired) electrons. The smallest absolute Gasteiger partial charge is 0.246 e. The Morgan fingerprint density at radius 3 is 2.38 bits per heavy atom. The maximum absolute atomic E-state index is 12.0. The van der Waals surface area contributed by atoms with Gasteiger partial charge in [0.05, 0.1) is 26.7 Å². The third-order valence-electron chi connectivity index (χ3n) is 3.19. The first kappa shape index (κ1) is 16.6. The van der Waals surface area contributed by atoms with Gasteiger partial charge in [0.15, 0.2) is 0 Å². The molecule has 1 rings (SSSR count). The van der Waals surface area contributed by atoms with Crippen molar-refractivity contribution in [3.8, 4) is 17.6 Å². The van der Waals surface area contributed by atoms with Crippen molar-refractivity contribution in [2.45, 2.75) is 19.4 Å². The average molecular weight is 288 g/mol. The van der Waals surface area contributed by atoms with Gasteiger partial charge in [-0.15, -0.1) is 0 Å². The number of hydrogen-bond acceptors (Lipinski definition) is 4. The van der Waals surface area contributed by atoms with Crippen LogP contribution < -0.4 is 9.47 Å². The van der Waals surface area contributed by atoms with Crippen LogP contribution in [0, 0.1) is 11.3 Å². The fourth-order valence-corrected chi connectivity index (χ4v) is 1.70. The summed E-state index contributed by atoms with van der Waals surface area (Å²) >= 11 is 0. The van der Waals surface area contributed by atoms with E-state index in [1.54, 1.807) is 33.4 Å². The molecule has 0 fully saturated rings. The van der Waals surface area contributed by atoms with Gasteiger partial charge in [-0.25, -0.2) is 0 Å². The molecule has 0 saturated heterocycles. The van der Waals surface area contributed by atoms with Crippen LogP contribution in [0.25, 0.3) is 6.08 Å². The number of ether oxygens (including phenoxy) is 2. The van der Waals surface area contributed by atoms with E-state index in [9.17, 15) is 4.79 Å². The molecule has 1 amide bonds. The van der Waals surface area contributed by atoms with Crippen molar-refractivity contribution in [2.75, 3.05) is 21.3 Å². The quantitative estimate of drug-likeness (QED) is 0.754. The zero-order valence-electron chi connectivity index (χ0n) is 12.8. The number of carbonyl (C=O) groups is 1. The van der Waals surface area contributed by atoms with E-state index in [0.29, 0.717) is 17.9 Å². The standard InChI is InChI=1S/C16H20N2O3/c1-12(7-8-17)18(2)16(19)6-5-13-9-14(20-3)11-15(10-13)21-4/h5-6,9-12H,7H2,1-4H3/b6-5+. The Balaban J connectivity index is 2.85. The zero-order chi connectivity index (χ0) is 15.8. The van der Waals surface area contributed by atoms with Gasteiger partial charge in [-0.2, -0.15) is 5.26 Å². The fraction of sp³-hybridized carbons (Fsp3) is 0.375. The Morgan fingerprint density at radius 2 is 1.90 bits per heavy atom. The second-order valence-corrected chi connectivity index (χ2v) is 4.64. The normalized spacial score (nSPS) is 11.8. The second kappa shape index (κ2) is 7.95. The summed E-state index contributed by atoms with van der Waals surface area (Å²) in [5.41, 5.74) is 0.806. The van der Waals surface area contributed by atoms with Crippen LogP contribution in [0.1, 0.15) is 18.9 Å². The van der Waals surface area contributed by atoms with Crippen molar-refractivity contribution >= 4 is 12.0 Å². The van der Waals surface area contributed by atoms with E-state index >= 15 is 0 Å². The third kappa shape index (κ3) is 4.84. The molecule has 1 atom stereocenters. The number of nitriles is 1. The number of hydrogen-bond donors (Lipinski definition) is 0. The molecule has 1 unspecified atom stereocenters. The molecule has 5 heteroatoms. The molecule has 0 aliphatic heterocycles. The maximum Gasteiger partial charge on any atom is 0.246 e. The van der Waals surface area contributed by atoms with Gasteiger partial charge in [0.1, 0.15) is 11.5 Å². The van der Waals surface area contributed by atoms with Crippen LogP contribution in [0.15, 0.2) is 24.3 Å². The van der Waals surface area contributed by atoms with E-state index in [2.05, 4.69) is 6.07 Å². The molecule has 0 spiro atoms. The first-order chi connectivity index (χ1) is 10.0. The summed E-state index contributed by atoms with van der Waals surface area (Å²) in [5, 5.41) is 8.66. The van der Waals surface area contributed by atoms with Crippen LogP contribution in [0.3, 0.4) is 0 Å². The monoisotopic (exact) mass is 288 g/mol. The molecule has 21 heavy (non-hydrogen) atoms. The lowest BCUT2D eigenvalue weighted by molar-refractivity contribution is -0.126. The van der Waals surface area contributed by atoms with Gasteiger partial charge >= 0.3 is 0 Å². The molecule has 5 nitrogen and oxygen atoms in total. The van der Waals surface area contributed by atoms with Crippen molar-refractivity contribution in [1.29, 1.82) is 5.26 Å². The lowest BCUT2D eigenvalue weighted by atomic mass is 10.1. The van der Waals surface area contributed by atoms with Crippen molar-refractivity contribution in [1.82, 2.24) is 4.90 Å². The zero-order valence-corrected chi connectivity index (χ0v) is 12.8. The van der Waals surface area contributed by atoms with Gasteiger partial charge < -0.3 is 14.4 Å². The molecule has 0 aromatic heterocycles. The van der Waals surface area contributed by atoms with E-state index in [-0.39, 0.29) is 11.9 Å². The van der Waals surface area contributed by atoms with Crippen LogP contribution in [0.2, 0.25) is 0 Å². The molecule has 112 valence electrons. The van der Waals surface area contributed by atoms with E-state index in [0.717, 1.165) is 5.56 Å². The summed E-state index contributed by atoms with van der Waals surface area (Å²) in [5.74, 6) is 1.17. The van der Waals surface area contributed by atoms with Crippen LogP contribution in [-0.4, -0.2) is 38.1 Å². The summed E-state index contributed by atoms with van der Waals surface area (Å²) < 4.78 is 10.4. The minimum Gasteiger partial charge on any atom is -0.497 e. The summed E-state index contributed by atoms with van der Waals surface area (Å²) in [6.07, 6.45) is 3.48. The largest absolute Gasteiger partial charge is 0.497 e. The number of nitrogens with zero attached hydrogens (tertiary/aromatic N) is 2. The van der Waals surface area contributed by atoms with Gasteiger partial charge in [0.25, 0.3) is 0 Å². The molecule has 1 aromatic carbocycles. The molecule has 0 aliphatic rings. The number of methoxy groups -OCH3 is 2. The number of rotatable bonds is 6. The van der Waals surface area contributed by atoms with Crippen LogP contribution in [-0.2, 0) is 4.79 Å². The molecule has 0 bridgehead atoms. The first-order valence-electron chi connectivity index (χ1n) is 6.56. The van der Waals surface area contributed by atoms with Gasteiger partial charge in [-0.3, -0.25) is 4.79 Å². The summed E-state index contributed by atoms with van der Waals surface area (Å²) in [4.78, 5) is 13.5. The maximum atomic E-state index is 12.0. The molecular formula is C16H20N2O3. The predicted octanol–water partition coefficient (Wildman–Crippen LogP) is 2.48. The Morgan fingerprint density at radius 1 is 1.33 bits per heavy atom. The van der Waals surface area contributed by atoms with E-state index in [1.807, 2.05) is 19.1 Å². The number of carbonyl (C=O) groups excluding carboxylic acids is 1. The molecule has 0 N–H and O–H groups in total. The number of amides is 1. The van der Waals surface area contributed by atoms with Crippen LogP contribution >= 0.6 is 0 Å². The molecular weight excluding hydrogens is 268 g/mol. The number of benzene rings is 1. The van der Waals surface area contributed by atoms with Gasteiger partial charge in [0, 0.05) is 25.2 Å². The number of likely N-dealkylation sites (N-methyl/N-ethyl adjacent to an activating group) is 1. The average Bonchev–Trinajstić information content (AvgIpc) is 2.51. The van der Waals surface area contributed by atoms with Gasteiger partial charge in [-0.1, -0.05) is 0 Å². The van der Waals surface area contributed by atoms with E-state index in [4.69, 9.17) is 14.7 Å². The lowest BCUT2D eigenvalue weighted by Gasteiger charge is -2.21. The Labute approximate surface area is 125 Å². The van der Waals surface area contributed by atoms with Gasteiger partial charge in [-0.05, 0) is 30.7 Å². The van der Waals surface area contributed by atoms with E-state index < -0.39 is 0 Å². The van der Waals surface area contributed by atoms with Crippen molar-refractivity contribution < 1.29 is 14.3 Å². The highest BCUT2D eigenvalue weighted by Crippen LogP contribution is 2.23. The molecule has 1 aromatic rings. The molecule has 0 heterocycles. The van der Waals surface area contributed by atoms with Crippen molar-refractivity contribution in [3.63, 3.8) is 0 Å². The first-order valence-corrected chi connectivity index (χ1v) is 6.56. The Bertz CT molecular complexity index is 539. The highest BCUT2D eigenvalue weighted by Gasteiger charge is 2.12. The highest BCUT2D eigenvalue weighted by atomic mass is 16.5.